The molecular weight excluding hydrogens is 466 g/mol. The molecule has 180 valence electrons. The van der Waals surface area contributed by atoms with E-state index in [1.54, 1.807) is 22.5 Å². The van der Waals surface area contributed by atoms with E-state index in [9.17, 15) is 14.4 Å². The summed E-state index contributed by atoms with van der Waals surface area (Å²) in [6.45, 7) is 2.56. The number of carbonyl (C=O) groups excluding carboxylic acids is 3. The highest BCUT2D eigenvalue weighted by atomic mass is 35.5. The van der Waals surface area contributed by atoms with Gasteiger partial charge in [-0.1, -0.05) is 60.1 Å². The fourth-order valence-electron chi connectivity index (χ4n) is 4.59. The molecule has 0 radical (unpaired) electrons. The zero-order chi connectivity index (χ0) is 24.6. The number of fused-ring (bicyclic) bond motifs is 1. The molecule has 8 nitrogen and oxygen atoms in total. The molecule has 2 heterocycles. The number of aromatic nitrogens is 2. The third kappa shape index (κ3) is 4.41. The third-order valence-electron chi connectivity index (χ3n) is 6.58. The van der Waals surface area contributed by atoms with E-state index in [2.05, 4.69) is 15.6 Å². The van der Waals surface area contributed by atoms with Crippen LogP contribution in [0.2, 0.25) is 5.02 Å². The highest BCUT2D eigenvalue weighted by molar-refractivity contribution is 6.31. The molecule has 35 heavy (non-hydrogen) atoms. The van der Waals surface area contributed by atoms with Gasteiger partial charge in [0.15, 0.2) is 5.69 Å². The normalized spacial score (nSPS) is 19.3. The fourth-order valence-corrected chi connectivity index (χ4v) is 4.79. The van der Waals surface area contributed by atoms with E-state index in [0.717, 1.165) is 24.0 Å². The minimum atomic E-state index is -1.12. The maximum absolute atomic E-state index is 13.7. The molecule has 3 amide bonds. The first-order valence-corrected chi connectivity index (χ1v) is 12.0. The Hall–Kier alpha value is -3.65. The number of halogens is 1. The van der Waals surface area contributed by atoms with E-state index in [4.69, 9.17) is 11.6 Å². The van der Waals surface area contributed by atoms with Crippen LogP contribution in [-0.4, -0.2) is 43.8 Å². The van der Waals surface area contributed by atoms with Crippen molar-refractivity contribution in [1.29, 1.82) is 0 Å². The number of amides is 3. The number of carbonyl (C=O) groups is 3. The van der Waals surface area contributed by atoms with Gasteiger partial charge in [0, 0.05) is 24.2 Å². The average molecular weight is 492 g/mol. The minimum absolute atomic E-state index is 0.0394. The molecule has 0 saturated heterocycles. The van der Waals surface area contributed by atoms with Gasteiger partial charge in [-0.25, -0.2) is 4.98 Å². The van der Waals surface area contributed by atoms with Crippen LogP contribution < -0.4 is 10.6 Å². The summed E-state index contributed by atoms with van der Waals surface area (Å²) < 4.78 is 1.62. The summed E-state index contributed by atoms with van der Waals surface area (Å²) in [5, 5.41) is 6.36. The summed E-state index contributed by atoms with van der Waals surface area (Å²) in [5.41, 5.74) is 0.925. The topological polar surface area (TPSA) is 96.3 Å². The number of hydrogen-bond acceptors (Lipinski definition) is 4. The Labute approximate surface area is 208 Å². The van der Waals surface area contributed by atoms with Crippen LogP contribution >= 0.6 is 11.6 Å². The maximum atomic E-state index is 13.7. The number of rotatable bonds is 7. The maximum Gasteiger partial charge on any atom is 0.274 e. The largest absolute Gasteiger partial charge is 0.350 e. The van der Waals surface area contributed by atoms with Crippen molar-refractivity contribution in [3.05, 3.63) is 88.5 Å². The third-order valence-corrected chi connectivity index (χ3v) is 6.95. The molecule has 2 aromatic carbocycles. The van der Waals surface area contributed by atoms with Crippen molar-refractivity contribution in [3.63, 3.8) is 0 Å². The first-order valence-electron chi connectivity index (χ1n) is 11.6. The van der Waals surface area contributed by atoms with Crippen LogP contribution in [0.15, 0.2) is 60.9 Å². The lowest BCUT2D eigenvalue weighted by molar-refractivity contribution is -0.133. The lowest BCUT2D eigenvalue weighted by Gasteiger charge is -2.44. The van der Waals surface area contributed by atoms with E-state index in [1.165, 1.54) is 6.33 Å². The SMILES string of the molecule is CC1(C(=O)NCc2ccccc2Cl)Cn2cnc(C(=O)NCc3ccccc3)c2C(=O)N1C1CC1. The van der Waals surface area contributed by atoms with Crippen molar-refractivity contribution in [2.75, 3.05) is 0 Å². The molecule has 3 aromatic rings. The van der Waals surface area contributed by atoms with Crippen molar-refractivity contribution in [1.82, 2.24) is 25.1 Å². The van der Waals surface area contributed by atoms with E-state index >= 15 is 0 Å². The second-order valence-electron chi connectivity index (χ2n) is 9.19. The Morgan fingerprint density at radius 2 is 1.77 bits per heavy atom. The lowest BCUT2D eigenvalue weighted by atomic mass is 9.93. The minimum Gasteiger partial charge on any atom is -0.350 e. The first kappa shape index (κ1) is 23.1. The Morgan fingerprint density at radius 3 is 2.49 bits per heavy atom. The molecule has 1 fully saturated rings. The predicted octanol–water partition coefficient (Wildman–Crippen LogP) is 3.16. The molecule has 1 aliphatic heterocycles. The van der Waals surface area contributed by atoms with Crippen LogP contribution in [0.25, 0.3) is 0 Å². The van der Waals surface area contributed by atoms with Gasteiger partial charge < -0.3 is 20.1 Å². The summed E-state index contributed by atoms with van der Waals surface area (Å²) in [4.78, 5) is 46.0. The number of nitrogens with one attached hydrogen (secondary N) is 2. The Kier molecular flexibility index (Phi) is 6.06. The zero-order valence-corrected chi connectivity index (χ0v) is 20.1. The van der Waals surface area contributed by atoms with E-state index in [0.29, 0.717) is 11.6 Å². The second-order valence-corrected chi connectivity index (χ2v) is 9.60. The highest BCUT2D eigenvalue weighted by Crippen LogP contribution is 2.39. The van der Waals surface area contributed by atoms with E-state index in [1.807, 2.05) is 48.5 Å². The second kappa shape index (κ2) is 9.19. The van der Waals surface area contributed by atoms with Crippen LogP contribution in [0.3, 0.4) is 0 Å². The number of nitrogens with zero attached hydrogens (tertiary/aromatic N) is 3. The number of imidazole rings is 1. The molecule has 2 aliphatic rings. The molecule has 0 spiro atoms. The van der Waals surface area contributed by atoms with Crippen LogP contribution in [0, 0.1) is 0 Å². The van der Waals surface area contributed by atoms with Gasteiger partial charge in [-0.3, -0.25) is 14.4 Å². The monoisotopic (exact) mass is 491 g/mol. The average Bonchev–Trinajstić information content (AvgIpc) is 3.60. The smallest absolute Gasteiger partial charge is 0.274 e. The molecule has 1 atom stereocenters. The number of benzene rings is 2. The van der Waals surface area contributed by atoms with Gasteiger partial charge in [0.1, 0.15) is 11.2 Å². The van der Waals surface area contributed by atoms with Gasteiger partial charge in [-0.15, -0.1) is 0 Å². The van der Waals surface area contributed by atoms with Crippen molar-refractivity contribution in [2.24, 2.45) is 0 Å². The summed E-state index contributed by atoms with van der Waals surface area (Å²) in [6.07, 6.45) is 3.11. The van der Waals surface area contributed by atoms with Gasteiger partial charge in [0.25, 0.3) is 11.8 Å². The summed E-state index contributed by atoms with van der Waals surface area (Å²) in [6, 6.07) is 16.8. The molecule has 2 N–H and O–H groups in total. The zero-order valence-electron chi connectivity index (χ0n) is 19.3. The van der Waals surface area contributed by atoms with Gasteiger partial charge in [0.05, 0.1) is 12.9 Å². The fraction of sp³-hybridized carbons (Fsp3) is 0.308. The van der Waals surface area contributed by atoms with Crippen molar-refractivity contribution in [2.45, 2.75) is 51.0 Å². The van der Waals surface area contributed by atoms with Crippen molar-refractivity contribution < 1.29 is 14.4 Å². The van der Waals surface area contributed by atoms with Gasteiger partial charge in [-0.2, -0.15) is 0 Å². The van der Waals surface area contributed by atoms with Crippen LogP contribution in [0.1, 0.15) is 51.9 Å². The van der Waals surface area contributed by atoms with Crippen molar-refractivity contribution in [3.8, 4) is 0 Å². The molecule has 1 unspecified atom stereocenters. The van der Waals surface area contributed by atoms with Crippen LogP contribution in [0.4, 0.5) is 0 Å². The first-order chi connectivity index (χ1) is 16.9. The molecule has 9 heteroatoms. The molecule has 1 aliphatic carbocycles. The molecular formula is C26H26ClN5O3. The van der Waals surface area contributed by atoms with Gasteiger partial charge in [0.2, 0.25) is 5.91 Å². The standard InChI is InChI=1S/C26H26ClN5O3/c1-26(25(35)29-14-18-9-5-6-10-20(18)27)15-31-16-30-21(22(31)24(34)32(26)19-11-12-19)23(33)28-13-17-7-3-2-4-8-17/h2-10,16,19H,11-15H2,1H3,(H,28,33)(H,29,35). The molecule has 1 saturated carbocycles. The van der Waals surface area contributed by atoms with Gasteiger partial charge >= 0.3 is 0 Å². The molecule has 5 rings (SSSR count). The Balaban J connectivity index is 1.37. The Bertz CT molecular complexity index is 1290. The van der Waals surface area contributed by atoms with Crippen LogP contribution in [0.5, 0.6) is 0 Å². The number of hydrogen-bond donors (Lipinski definition) is 2. The quantitative estimate of drug-likeness (QED) is 0.530. The van der Waals surface area contributed by atoms with E-state index < -0.39 is 11.4 Å². The van der Waals surface area contributed by atoms with Crippen LogP contribution in [-0.2, 0) is 24.4 Å². The Morgan fingerprint density at radius 1 is 1.06 bits per heavy atom. The lowest BCUT2D eigenvalue weighted by Crippen LogP contribution is -2.64. The highest BCUT2D eigenvalue weighted by Gasteiger charge is 2.53. The van der Waals surface area contributed by atoms with Crippen molar-refractivity contribution >= 4 is 29.3 Å². The summed E-state index contributed by atoms with van der Waals surface area (Å²) in [5.74, 6) is -1.04. The molecule has 1 aromatic heterocycles. The summed E-state index contributed by atoms with van der Waals surface area (Å²) in [7, 11) is 0. The van der Waals surface area contributed by atoms with Gasteiger partial charge in [-0.05, 0) is 37.0 Å². The summed E-state index contributed by atoms with van der Waals surface area (Å²) >= 11 is 6.24. The predicted molar refractivity (Wildman–Crippen MR) is 131 cm³/mol. The molecule has 0 bridgehead atoms. The van der Waals surface area contributed by atoms with E-state index in [-0.39, 0.29) is 42.3 Å².